The Morgan fingerprint density at radius 2 is 1.75 bits per heavy atom. The standard InChI is InChI=1S/C21H25N3O4/c1-4-26-19-8-6-5-7-18(19)21-22-20(28-23-21)15-24(2)13-14-27-17-11-9-16(25-3)10-12-17/h5-12H,4,13-15H2,1-3H3. The first-order chi connectivity index (χ1) is 13.7. The molecule has 0 aliphatic rings. The molecule has 0 unspecified atom stereocenters. The van der Waals surface area contributed by atoms with E-state index in [2.05, 4.69) is 15.0 Å². The van der Waals surface area contributed by atoms with E-state index in [-0.39, 0.29) is 0 Å². The summed E-state index contributed by atoms with van der Waals surface area (Å²) in [5.41, 5.74) is 0.824. The van der Waals surface area contributed by atoms with E-state index in [9.17, 15) is 0 Å². The zero-order chi connectivity index (χ0) is 19.8. The Morgan fingerprint density at radius 3 is 2.50 bits per heavy atom. The Kier molecular flexibility index (Phi) is 6.86. The topological polar surface area (TPSA) is 69.9 Å². The molecule has 3 rings (SSSR count). The van der Waals surface area contributed by atoms with Gasteiger partial charge < -0.3 is 18.7 Å². The minimum atomic E-state index is 0.530. The second-order valence-corrected chi connectivity index (χ2v) is 6.20. The third-order valence-electron chi connectivity index (χ3n) is 4.10. The summed E-state index contributed by atoms with van der Waals surface area (Å²) in [6.07, 6.45) is 0. The SMILES string of the molecule is CCOc1ccccc1-c1noc(CN(C)CCOc2ccc(OC)cc2)n1. The number of nitrogens with zero attached hydrogens (tertiary/aromatic N) is 3. The number of ether oxygens (including phenoxy) is 3. The van der Waals surface area contributed by atoms with Crippen molar-refractivity contribution in [1.82, 2.24) is 15.0 Å². The zero-order valence-corrected chi connectivity index (χ0v) is 16.4. The third kappa shape index (κ3) is 5.23. The Hall–Kier alpha value is -3.06. The lowest BCUT2D eigenvalue weighted by atomic mass is 10.2. The molecule has 2 aromatic carbocycles. The molecule has 1 aromatic heterocycles. The number of aromatic nitrogens is 2. The average Bonchev–Trinajstić information content (AvgIpc) is 3.17. The molecule has 28 heavy (non-hydrogen) atoms. The molecule has 0 aliphatic heterocycles. The van der Waals surface area contributed by atoms with Crippen LogP contribution < -0.4 is 14.2 Å². The first-order valence-electron chi connectivity index (χ1n) is 9.19. The second kappa shape index (κ2) is 9.75. The van der Waals surface area contributed by atoms with Crippen molar-refractivity contribution in [3.63, 3.8) is 0 Å². The summed E-state index contributed by atoms with van der Waals surface area (Å²) < 4.78 is 21.9. The minimum Gasteiger partial charge on any atom is -0.497 e. The molecule has 0 atom stereocenters. The predicted molar refractivity (Wildman–Crippen MR) is 106 cm³/mol. The van der Waals surface area contributed by atoms with Gasteiger partial charge in [0.2, 0.25) is 11.7 Å². The van der Waals surface area contributed by atoms with Crippen LogP contribution in [0.1, 0.15) is 12.8 Å². The smallest absolute Gasteiger partial charge is 0.241 e. The molecule has 0 fully saturated rings. The fourth-order valence-corrected chi connectivity index (χ4v) is 2.66. The molecule has 148 valence electrons. The molecule has 1 heterocycles. The number of hydrogen-bond donors (Lipinski definition) is 0. The van der Waals surface area contributed by atoms with Gasteiger partial charge in [-0.1, -0.05) is 17.3 Å². The molecular formula is C21H25N3O4. The van der Waals surface area contributed by atoms with E-state index in [1.165, 1.54) is 0 Å². The Labute approximate surface area is 164 Å². The van der Waals surface area contributed by atoms with E-state index in [4.69, 9.17) is 18.7 Å². The largest absolute Gasteiger partial charge is 0.497 e. The number of rotatable bonds is 10. The van der Waals surface area contributed by atoms with Crippen LogP contribution in [0.4, 0.5) is 0 Å². The van der Waals surface area contributed by atoms with Crippen molar-refractivity contribution in [2.45, 2.75) is 13.5 Å². The summed E-state index contributed by atoms with van der Waals surface area (Å²) in [5.74, 6) is 3.44. The van der Waals surface area contributed by atoms with Crippen molar-refractivity contribution in [3.05, 3.63) is 54.4 Å². The molecule has 0 radical (unpaired) electrons. The monoisotopic (exact) mass is 383 g/mol. The highest BCUT2D eigenvalue weighted by Gasteiger charge is 2.14. The van der Waals surface area contributed by atoms with Gasteiger partial charge in [-0.3, -0.25) is 4.90 Å². The van der Waals surface area contributed by atoms with Crippen molar-refractivity contribution in [1.29, 1.82) is 0 Å². The molecule has 0 saturated heterocycles. The van der Waals surface area contributed by atoms with Crippen LogP contribution in [0.25, 0.3) is 11.4 Å². The number of hydrogen-bond acceptors (Lipinski definition) is 7. The highest BCUT2D eigenvalue weighted by atomic mass is 16.5. The molecule has 7 nitrogen and oxygen atoms in total. The Bertz CT molecular complexity index is 864. The van der Waals surface area contributed by atoms with Crippen LogP contribution >= 0.6 is 0 Å². The van der Waals surface area contributed by atoms with Crippen LogP contribution in [0.3, 0.4) is 0 Å². The first kappa shape index (κ1) is 19.7. The van der Waals surface area contributed by atoms with Crippen molar-refractivity contribution in [2.75, 3.05) is 33.9 Å². The lowest BCUT2D eigenvalue weighted by Crippen LogP contribution is -2.24. The summed E-state index contributed by atoms with van der Waals surface area (Å²) in [4.78, 5) is 6.56. The van der Waals surface area contributed by atoms with Crippen LogP contribution in [-0.2, 0) is 6.54 Å². The quantitative estimate of drug-likeness (QED) is 0.529. The predicted octanol–water partition coefficient (Wildman–Crippen LogP) is 3.65. The highest BCUT2D eigenvalue weighted by Crippen LogP contribution is 2.27. The molecule has 0 bridgehead atoms. The summed E-state index contributed by atoms with van der Waals surface area (Å²) in [5, 5.41) is 4.09. The zero-order valence-electron chi connectivity index (χ0n) is 16.4. The lowest BCUT2D eigenvalue weighted by molar-refractivity contribution is 0.212. The van der Waals surface area contributed by atoms with Gasteiger partial charge in [-0.15, -0.1) is 0 Å². The molecular weight excluding hydrogens is 358 g/mol. The van der Waals surface area contributed by atoms with E-state index >= 15 is 0 Å². The van der Waals surface area contributed by atoms with E-state index in [0.29, 0.717) is 31.5 Å². The van der Waals surface area contributed by atoms with E-state index in [1.807, 2.05) is 62.5 Å². The molecule has 0 saturated carbocycles. The molecule has 3 aromatic rings. The maximum Gasteiger partial charge on any atom is 0.241 e. The van der Waals surface area contributed by atoms with Crippen LogP contribution in [0.15, 0.2) is 53.1 Å². The Balaban J connectivity index is 1.51. The fraction of sp³-hybridized carbons (Fsp3) is 0.333. The lowest BCUT2D eigenvalue weighted by Gasteiger charge is -2.14. The van der Waals surface area contributed by atoms with Gasteiger partial charge in [-0.05, 0) is 50.4 Å². The van der Waals surface area contributed by atoms with Crippen LogP contribution in [0.5, 0.6) is 17.2 Å². The first-order valence-corrected chi connectivity index (χ1v) is 9.19. The number of methoxy groups -OCH3 is 1. The van der Waals surface area contributed by atoms with Gasteiger partial charge >= 0.3 is 0 Å². The van der Waals surface area contributed by atoms with Crippen molar-refractivity contribution >= 4 is 0 Å². The summed E-state index contributed by atoms with van der Waals surface area (Å²) in [6, 6.07) is 15.2. The van der Waals surface area contributed by atoms with Gasteiger partial charge in [-0.25, -0.2) is 0 Å². The third-order valence-corrected chi connectivity index (χ3v) is 4.10. The maximum absolute atomic E-state index is 5.75. The number of benzene rings is 2. The van der Waals surface area contributed by atoms with Crippen LogP contribution in [0, 0.1) is 0 Å². The number of para-hydroxylation sites is 1. The van der Waals surface area contributed by atoms with Gasteiger partial charge in [-0.2, -0.15) is 4.98 Å². The van der Waals surface area contributed by atoms with Crippen LogP contribution in [0.2, 0.25) is 0 Å². The van der Waals surface area contributed by atoms with Crippen molar-refractivity contribution < 1.29 is 18.7 Å². The Morgan fingerprint density at radius 1 is 1.00 bits per heavy atom. The second-order valence-electron chi connectivity index (χ2n) is 6.20. The van der Waals surface area contributed by atoms with Gasteiger partial charge in [0.25, 0.3) is 0 Å². The minimum absolute atomic E-state index is 0.530. The summed E-state index contributed by atoms with van der Waals surface area (Å²) >= 11 is 0. The van der Waals surface area contributed by atoms with Gasteiger partial charge in [0, 0.05) is 6.54 Å². The maximum atomic E-state index is 5.75. The fourth-order valence-electron chi connectivity index (χ4n) is 2.66. The normalized spacial score (nSPS) is 10.9. The molecule has 0 spiro atoms. The van der Waals surface area contributed by atoms with Crippen LogP contribution in [-0.4, -0.2) is 49.0 Å². The molecule has 0 N–H and O–H groups in total. The van der Waals surface area contributed by atoms with E-state index in [1.54, 1.807) is 7.11 Å². The molecule has 7 heteroatoms. The average molecular weight is 383 g/mol. The van der Waals surface area contributed by atoms with Gasteiger partial charge in [0.05, 0.1) is 25.8 Å². The van der Waals surface area contributed by atoms with Gasteiger partial charge in [0.1, 0.15) is 23.9 Å². The molecule has 0 aliphatic carbocycles. The van der Waals surface area contributed by atoms with Crippen molar-refractivity contribution in [3.8, 4) is 28.6 Å². The van der Waals surface area contributed by atoms with E-state index in [0.717, 1.165) is 29.4 Å². The van der Waals surface area contributed by atoms with E-state index < -0.39 is 0 Å². The van der Waals surface area contributed by atoms with Crippen molar-refractivity contribution in [2.24, 2.45) is 0 Å². The highest BCUT2D eigenvalue weighted by molar-refractivity contribution is 5.63. The summed E-state index contributed by atoms with van der Waals surface area (Å²) in [7, 11) is 3.62. The van der Waals surface area contributed by atoms with Gasteiger partial charge in [0.15, 0.2) is 0 Å². The molecule has 0 amide bonds. The summed E-state index contributed by atoms with van der Waals surface area (Å²) in [6.45, 7) is 4.34. The number of likely N-dealkylation sites (N-methyl/N-ethyl adjacent to an activating group) is 1.